The van der Waals surface area contributed by atoms with Crippen LogP contribution < -0.4 is 0 Å². The minimum absolute atomic E-state index is 0.0850. The van der Waals surface area contributed by atoms with Gasteiger partial charge in [0.15, 0.2) is 0 Å². The van der Waals surface area contributed by atoms with Crippen LogP contribution in [0.15, 0.2) is 29.0 Å². The van der Waals surface area contributed by atoms with Crippen LogP contribution in [0.3, 0.4) is 0 Å². The molecular formula is C12H9F2NO. The van der Waals surface area contributed by atoms with Crippen molar-refractivity contribution < 1.29 is 13.3 Å². The van der Waals surface area contributed by atoms with Crippen molar-refractivity contribution in [2.45, 2.75) is 18.8 Å². The molecule has 16 heavy (non-hydrogen) atoms. The van der Waals surface area contributed by atoms with Gasteiger partial charge in [0.2, 0.25) is 0 Å². The SMILES string of the molecule is Fc1cccc(F)c1-c1nocc1C1CC1. The van der Waals surface area contributed by atoms with Crippen molar-refractivity contribution in [3.8, 4) is 11.3 Å². The average Bonchev–Trinajstić information content (AvgIpc) is 2.99. The Morgan fingerprint density at radius 2 is 1.88 bits per heavy atom. The van der Waals surface area contributed by atoms with E-state index in [2.05, 4.69) is 5.16 Å². The van der Waals surface area contributed by atoms with Gasteiger partial charge in [0.25, 0.3) is 0 Å². The van der Waals surface area contributed by atoms with Gasteiger partial charge in [-0.2, -0.15) is 0 Å². The highest BCUT2D eigenvalue weighted by Crippen LogP contribution is 2.44. The van der Waals surface area contributed by atoms with Gasteiger partial charge >= 0.3 is 0 Å². The quantitative estimate of drug-likeness (QED) is 0.775. The summed E-state index contributed by atoms with van der Waals surface area (Å²) < 4.78 is 31.9. The number of benzene rings is 1. The Morgan fingerprint density at radius 1 is 1.19 bits per heavy atom. The molecule has 0 spiro atoms. The maximum Gasteiger partial charge on any atom is 0.135 e. The molecule has 82 valence electrons. The summed E-state index contributed by atoms with van der Waals surface area (Å²) in [6, 6.07) is 3.79. The van der Waals surface area contributed by atoms with E-state index in [0.29, 0.717) is 11.6 Å². The van der Waals surface area contributed by atoms with Gasteiger partial charge in [-0.05, 0) is 30.9 Å². The first-order valence-electron chi connectivity index (χ1n) is 5.16. The fourth-order valence-electron chi connectivity index (χ4n) is 1.84. The fourth-order valence-corrected chi connectivity index (χ4v) is 1.84. The van der Waals surface area contributed by atoms with Gasteiger partial charge in [0.05, 0.1) is 5.56 Å². The summed E-state index contributed by atoms with van der Waals surface area (Å²) in [5, 5.41) is 3.71. The normalized spacial score (nSPS) is 15.4. The van der Waals surface area contributed by atoms with Crippen LogP contribution in [-0.2, 0) is 0 Å². The zero-order chi connectivity index (χ0) is 11.1. The minimum Gasteiger partial charge on any atom is -0.364 e. The molecule has 0 unspecified atom stereocenters. The number of halogens is 2. The first-order chi connectivity index (χ1) is 7.77. The van der Waals surface area contributed by atoms with Crippen LogP contribution in [-0.4, -0.2) is 5.16 Å². The van der Waals surface area contributed by atoms with E-state index in [9.17, 15) is 8.78 Å². The molecule has 1 aliphatic rings. The molecule has 2 aromatic rings. The molecule has 1 fully saturated rings. The van der Waals surface area contributed by atoms with E-state index in [-0.39, 0.29) is 5.56 Å². The van der Waals surface area contributed by atoms with E-state index in [1.165, 1.54) is 24.5 Å². The van der Waals surface area contributed by atoms with Gasteiger partial charge in [-0.15, -0.1) is 0 Å². The molecule has 2 nitrogen and oxygen atoms in total. The summed E-state index contributed by atoms with van der Waals surface area (Å²) in [4.78, 5) is 0. The Morgan fingerprint density at radius 3 is 2.50 bits per heavy atom. The first kappa shape index (κ1) is 9.51. The van der Waals surface area contributed by atoms with Crippen molar-refractivity contribution in [2.24, 2.45) is 0 Å². The summed E-state index contributed by atoms with van der Waals surface area (Å²) in [6.07, 6.45) is 3.55. The van der Waals surface area contributed by atoms with E-state index < -0.39 is 11.6 Å². The highest BCUT2D eigenvalue weighted by atomic mass is 19.1. The Bertz CT molecular complexity index is 511. The third-order valence-corrected chi connectivity index (χ3v) is 2.81. The third kappa shape index (κ3) is 1.41. The standard InChI is InChI=1S/C12H9F2NO/c13-9-2-1-3-10(14)11(9)12-8(6-16-15-12)7-4-5-7/h1-3,6-7H,4-5H2. The molecule has 1 aromatic carbocycles. The van der Waals surface area contributed by atoms with Crippen molar-refractivity contribution >= 4 is 0 Å². The Kier molecular flexibility index (Phi) is 2.02. The molecule has 0 atom stereocenters. The van der Waals surface area contributed by atoms with E-state index in [1.54, 1.807) is 0 Å². The van der Waals surface area contributed by atoms with Gasteiger partial charge in [0, 0.05) is 5.56 Å². The highest BCUT2D eigenvalue weighted by molar-refractivity contribution is 5.64. The van der Waals surface area contributed by atoms with Crippen molar-refractivity contribution in [1.82, 2.24) is 5.16 Å². The van der Waals surface area contributed by atoms with Crippen molar-refractivity contribution in [3.63, 3.8) is 0 Å². The number of aromatic nitrogens is 1. The van der Waals surface area contributed by atoms with Gasteiger partial charge in [0.1, 0.15) is 23.6 Å². The maximum atomic E-state index is 13.6. The van der Waals surface area contributed by atoms with Gasteiger partial charge in [-0.1, -0.05) is 11.2 Å². The van der Waals surface area contributed by atoms with Crippen LogP contribution in [0.25, 0.3) is 11.3 Å². The van der Waals surface area contributed by atoms with Gasteiger partial charge in [-0.3, -0.25) is 0 Å². The molecule has 1 saturated carbocycles. The lowest BCUT2D eigenvalue weighted by Crippen LogP contribution is -1.92. The Balaban J connectivity index is 2.17. The number of hydrogen-bond acceptors (Lipinski definition) is 2. The molecule has 0 bridgehead atoms. The van der Waals surface area contributed by atoms with E-state index in [4.69, 9.17) is 4.52 Å². The summed E-state index contributed by atoms with van der Waals surface area (Å²) in [6.45, 7) is 0. The number of rotatable bonds is 2. The first-order valence-corrected chi connectivity index (χ1v) is 5.16. The molecule has 4 heteroatoms. The molecular weight excluding hydrogens is 212 g/mol. The fraction of sp³-hybridized carbons (Fsp3) is 0.250. The average molecular weight is 221 g/mol. The summed E-state index contributed by atoms with van der Waals surface area (Å²) in [5.74, 6) is -0.855. The smallest absolute Gasteiger partial charge is 0.135 e. The molecule has 1 aliphatic carbocycles. The third-order valence-electron chi connectivity index (χ3n) is 2.81. The zero-order valence-corrected chi connectivity index (χ0v) is 8.41. The van der Waals surface area contributed by atoms with E-state index in [0.717, 1.165) is 18.4 Å². The van der Waals surface area contributed by atoms with Crippen LogP contribution >= 0.6 is 0 Å². The van der Waals surface area contributed by atoms with Crippen LogP contribution in [0.2, 0.25) is 0 Å². The maximum absolute atomic E-state index is 13.6. The van der Waals surface area contributed by atoms with Gasteiger partial charge in [-0.25, -0.2) is 8.78 Å². The highest BCUT2D eigenvalue weighted by Gasteiger charge is 2.30. The lowest BCUT2D eigenvalue weighted by atomic mass is 10.0. The van der Waals surface area contributed by atoms with Crippen LogP contribution in [0.5, 0.6) is 0 Å². The van der Waals surface area contributed by atoms with Crippen molar-refractivity contribution in [2.75, 3.05) is 0 Å². The molecule has 0 saturated heterocycles. The predicted molar refractivity (Wildman–Crippen MR) is 53.8 cm³/mol. The summed E-state index contributed by atoms with van der Waals surface area (Å²) in [5.41, 5.74) is 1.03. The van der Waals surface area contributed by atoms with Crippen molar-refractivity contribution in [3.05, 3.63) is 41.7 Å². The molecule has 0 amide bonds. The molecule has 3 rings (SSSR count). The van der Waals surface area contributed by atoms with Crippen LogP contribution in [0.1, 0.15) is 24.3 Å². The Labute approximate surface area is 90.9 Å². The lowest BCUT2D eigenvalue weighted by Gasteiger charge is -2.02. The molecule has 0 N–H and O–H groups in total. The Hall–Kier alpha value is -1.71. The summed E-state index contributed by atoms with van der Waals surface area (Å²) in [7, 11) is 0. The van der Waals surface area contributed by atoms with Crippen molar-refractivity contribution in [1.29, 1.82) is 0 Å². The van der Waals surface area contributed by atoms with E-state index in [1.807, 2.05) is 0 Å². The molecule has 0 aliphatic heterocycles. The molecule has 1 aromatic heterocycles. The van der Waals surface area contributed by atoms with Crippen LogP contribution in [0.4, 0.5) is 8.78 Å². The summed E-state index contributed by atoms with van der Waals surface area (Å²) >= 11 is 0. The zero-order valence-electron chi connectivity index (χ0n) is 8.41. The minimum atomic E-state index is -0.601. The molecule has 1 heterocycles. The monoisotopic (exact) mass is 221 g/mol. The molecule has 0 radical (unpaired) electrons. The van der Waals surface area contributed by atoms with Gasteiger partial charge < -0.3 is 4.52 Å². The topological polar surface area (TPSA) is 26.0 Å². The second kappa shape index (κ2) is 3.40. The lowest BCUT2D eigenvalue weighted by molar-refractivity contribution is 0.420. The second-order valence-electron chi connectivity index (χ2n) is 3.99. The predicted octanol–water partition coefficient (Wildman–Crippen LogP) is 3.50. The van der Waals surface area contributed by atoms with Crippen LogP contribution in [0, 0.1) is 11.6 Å². The number of hydrogen-bond donors (Lipinski definition) is 0. The van der Waals surface area contributed by atoms with E-state index >= 15 is 0 Å². The largest absolute Gasteiger partial charge is 0.364 e. The second-order valence-corrected chi connectivity index (χ2v) is 3.99. The number of nitrogens with zero attached hydrogens (tertiary/aromatic N) is 1.